The quantitative estimate of drug-likeness (QED) is 0.161. The van der Waals surface area contributed by atoms with Crippen molar-refractivity contribution in [3.63, 3.8) is 0 Å². The summed E-state index contributed by atoms with van der Waals surface area (Å²) in [6, 6.07) is 88.5. The van der Waals surface area contributed by atoms with Crippen LogP contribution in [0.1, 0.15) is 0 Å². The Morgan fingerprint density at radius 2 is 0.825 bits per heavy atom. The van der Waals surface area contributed by atoms with Crippen LogP contribution in [0, 0.1) is 0 Å². The number of aromatic nitrogens is 7. The third-order valence-electron chi connectivity index (χ3n) is 17.0. The lowest BCUT2D eigenvalue weighted by Gasteiger charge is -2.15. The highest BCUT2D eigenvalue weighted by molar-refractivity contribution is 6.29. The van der Waals surface area contributed by atoms with Crippen molar-refractivity contribution >= 4 is 120 Å². The average molecular weight is 1020 g/mol. The average Bonchev–Trinajstić information content (AvgIpc) is 4.43. The Bertz CT molecular complexity index is 5680. The maximum Gasteiger partial charge on any atom is 0.138 e. The first-order chi connectivity index (χ1) is 39.7. The van der Waals surface area contributed by atoms with Crippen LogP contribution in [0.2, 0.25) is 0 Å². The maximum atomic E-state index is 5.56. The van der Waals surface area contributed by atoms with E-state index < -0.39 is 0 Å². The molecule has 0 fully saturated rings. The van der Waals surface area contributed by atoms with Crippen LogP contribution in [-0.2, 0) is 0 Å². The predicted octanol–water partition coefficient (Wildman–Crippen LogP) is 18.5. The first kappa shape index (κ1) is 43.2. The van der Waals surface area contributed by atoms with Gasteiger partial charge in [0.1, 0.15) is 5.82 Å². The first-order valence-corrected chi connectivity index (χ1v) is 27.2. The number of hydrogen-bond donors (Lipinski definition) is 0. The van der Waals surface area contributed by atoms with Crippen molar-refractivity contribution < 1.29 is 0 Å². The molecule has 0 aliphatic heterocycles. The van der Waals surface area contributed by atoms with Crippen molar-refractivity contribution in [3.8, 4) is 45.1 Å². The van der Waals surface area contributed by atoms with Crippen LogP contribution in [0.4, 0.5) is 0 Å². The summed E-state index contributed by atoms with van der Waals surface area (Å²) >= 11 is 0. The lowest BCUT2D eigenvalue weighted by atomic mass is 10.0. The molecule has 0 atom stereocenters. The third-order valence-corrected chi connectivity index (χ3v) is 17.0. The molecule has 0 unspecified atom stereocenters. The zero-order valence-corrected chi connectivity index (χ0v) is 43.0. The zero-order chi connectivity index (χ0) is 52.2. The van der Waals surface area contributed by atoms with Gasteiger partial charge in [0.15, 0.2) is 0 Å². The summed E-state index contributed by atoms with van der Waals surface area (Å²) in [4.78, 5) is 14.9. The van der Waals surface area contributed by atoms with E-state index >= 15 is 0 Å². The predicted molar refractivity (Wildman–Crippen MR) is 332 cm³/mol. The van der Waals surface area contributed by atoms with Gasteiger partial charge in [0, 0.05) is 89.3 Å². The largest absolute Gasteiger partial charge is 0.309 e. The molecule has 80 heavy (non-hydrogen) atoms. The molecular weight excluding hydrogens is 975 g/mol. The molecule has 370 valence electrons. The Balaban J connectivity index is 0.822. The van der Waals surface area contributed by atoms with Crippen molar-refractivity contribution in [2.75, 3.05) is 0 Å². The van der Waals surface area contributed by atoms with Gasteiger partial charge in [0.05, 0.1) is 66.6 Å². The van der Waals surface area contributed by atoms with Crippen molar-refractivity contribution in [3.05, 3.63) is 261 Å². The van der Waals surface area contributed by atoms with Crippen LogP contribution >= 0.6 is 0 Å². The molecule has 9 aromatic carbocycles. The summed E-state index contributed by atoms with van der Waals surface area (Å²) in [5.74, 6) is 0.857. The van der Waals surface area contributed by atoms with Gasteiger partial charge in [-0.2, -0.15) is 0 Å². The van der Waals surface area contributed by atoms with E-state index in [1.165, 1.54) is 97.7 Å². The number of pyridine rings is 5. The SMILES string of the molecule is c1cc(-c2ccncc2)cc(-n2c3ccccc3c3ccc4c(c5ccccc5c5cc6ccc(-c7cc(-c8cccc(-n9c%10ccccc%10c%10ccc%11c(c%12ccccc%12c%12cc%13ccccc%13n%12%11)c%109)n8)ccn7)cc6n54)c32)c1. The van der Waals surface area contributed by atoms with E-state index in [2.05, 4.69) is 266 Å². The fraction of sp³-hybridized carbons (Fsp3) is 0. The van der Waals surface area contributed by atoms with Gasteiger partial charge < -0.3 is 13.4 Å². The van der Waals surface area contributed by atoms with Gasteiger partial charge in [-0.1, -0.05) is 146 Å². The topological polar surface area (TPSA) is 57.3 Å². The van der Waals surface area contributed by atoms with E-state index in [9.17, 15) is 0 Å². The molecule has 7 nitrogen and oxygen atoms in total. The normalized spacial score (nSPS) is 12.2. The summed E-state index contributed by atoms with van der Waals surface area (Å²) in [7, 11) is 0. The molecule has 0 radical (unpaired) electrons. The number of rotatable bonds is 5. The highest BCUT2D eigenvalue weighted by atomic mass is 15.1. The Morgan fingerprint density at radius 1 is 0.275 bits per heavy atom. The Hall–Kier alpha value is -10.9. The standard InChI is InChI=1S/C73H43N7/c1-8-23-61-48(13-1)42-67-51-16-2-5-21-56(51)71-64(78(61)67)31-30-58-54-19-7-10-25-63(54)80(73(58)71)69-26-12-22-59(76-69)47-35-38-75-60(40-47)46-27-28-49-43-68-52-17-3-4-20-55(52)70-65(79(68)66(49)41-46)32-29-57-53-18-6-9-24-62(53)77(72(57)70)50-15-11-14-45(39-50)44-33-36-74-37-34-44/h1-43H. The van der Waals surface area contributed by atoms with Crippen molar-refractivity contribution in [1.82, 2.24) is 32.9 Å². The minimum absolute atomic E-state index is 0.857. The van der Waals surface area contributed by atoms with Gasteiger partial charge in [-0.3, -0.25) is 14.5 Å². The van der Waals surface area contributed by atoms with E-state index in [-0.39, 0.29) is 0 Å². The molecule has 18 aromatic rings. The Morgan fingerprint density at radius 3 is 1.52 bits per heavy atom. The van der Waals surface area contributed by atoms with Crippen LogP contribution in [0.15, 0.2) is 261 Å². The third kappa shape index (κ3) is 6.00. The van der Waals surface area contributed by atoms with Gasteiger partial charge in [-0.05, 0) is 119 Å². The lowest BCUT2D eigenvalue weighted by molar-refractivity contribution is 1.09. The molecule has 0 saturated heterocycles. The van der Waals surface area contributed by atoms with Crippen LogP contribution in [0.3, 0.4) is 0 Å². The van der Waals surface area contributed by atoms with E-state index in [0.717, 1.165) is 67.2 Å². The fourth-order valence-electron chi connectivity index (χ4n) is 13.6. The Kier molecular flexibility index (Phi) is 8.82. The van der Waals surface area contributed by atoms with Crippen molar-refractivity contribution in [1.29, 1.82) is 0 Å². The second kappa shape index (κ2) is 16.3. The van der Waals surface area contributed by atoms with Crippen LogP contribution in [-0.4, -0.2) is 32.9 Å². The Labute approximate surface area is 456 Å². The zero-order valence-electron chi connectivity index (χ0n) is 43.0. The van der Waals surface area contributed by atoms with Gasteiger partial charge in [-0.25, -0.2) is 4.98 Å². The number of nitrogens with zero attached hydrogens (tertiary/aromatic N) is 7. The number of para-hydroxylation sites is 3. The minimum atomic E-state index is 0.857. The molecule has 9 aromatic heterocycles. The summed E-state index contributed by atoms with van der Waals surface area (Å²) in [5, 5.41) is 14.5. The second-order valence-corrected chi connectivity index (χ2v) is 21.2. The molecule has 0 amide bonds. The van der Waals surface area contributed by atoms with E-state index in [1.54, 1.807) is 0 Å². The number of benzene rings is 9. The summed E-state index contributed by atoms with van der Waals surface area (Å²) < 4.78 is 9.78. The number of hydrogen-bond acceptors (Lipinski definition) is 3. The molecule has 0 aliphatic rings. The fourth-order valence-corrected chi connectivity index (χ4v) is 13.6. The van der Waals surface area contributed by atoms with Gasteiger partial charge in [0.25, 0.3) is 0 Å². The monoisotopic (exact) mass is 1020 g/mol. The minimum Gasteiger partial charge on any atom is -0.309 e. The molecule has 0 spiro atoms. The molecule has 0 N–H and O–H groups in total. The van der Waals surface area contributed by atoms with Gasteiger partial charge in [-0.15, -0.1) is 0 Å². The molecule has 18 rings (SSSR count). The van der Waals surface area contributed by atoms with Crippen LogP contribution in [0.5, 0.6) is 0 Å². The second-order valence-electron chi connectivity index (χ2n) is 21.2. The molecule has 9 heterocycles. The molecule has 7 heteroatoms. The van der Waals surface area contributed by atoms with Crippen LogP contribution in [0.25, 0.3) is 165 Å². The summed E-state index contributed by atoms with van der Waals surface area (Å²) in [6.45, 7) is 0. The number of fused-ring (bicyclic) bond motifs is 24. The highest BCUT2D eigenvalue weighted by Crippen LogP contribution is 2.45. The van der Waals surface area contributed by atoms with Crippen molar-refractivity contribution in [2.45, 2.75) is 0 Å². The maximum absolute atomic E-state index is 5.56. The van der Waals surface area contributed by atoms with Gasteiger partial charge >= 0.3 is 0 Å². The molecule has 0 aliphatic carbocycles. The highest BCUT2D eigenvalue weighted by Gasteiger charge is 2.23. The van der Waals surface area contributed by atoms with E-state index in [4.69, 9.17) is 9.97 Å². The lowest BCUT2D eigenvalue weighted by Crippen LogP contribution is -2.00. The summed E-state index contributed by atoms with van der Waals surface area (Å²) in [5.41, 5.74) is 18.8. The first-order valence-electron chi connectivity index (χ1n) is 27.2. The van der Waals surface area contributed by atoms with E-state index in [0.29, 0.717) is 0 Å². The molecule has 0 bridgehead atoms. The summed E-state index contributed by atoms with van der Waals surface area (Å²) in [6.07, 6.45) is 5.65. The van der Waals surface area contributed by atoms with Crippen LogP contribution < -0.4 is 0 Å². The van der Waals surface area contributed by atoms with Gasteiger partial charge in [0.2, 0.25) is 0 Å². The van der Waals surface area contributed by atoms with Crippen molar-refractivity contribution in [2.24, 2.45) is 0 Å². The molecular formula is C73H43N7. The van der Waals surface area contributed by atoms with E-state index in [1.807, 2.05) is 18.6 Å². The smallest absolute Gasteiger partial charge is 0.138 e. The molecule has 0 saturated carbocycles.